The molecule has 0 spiro atoms. The zero-order valence-electron chi connectivity index (χ0n) is 28.0. The minimum atomic E-state index is -4.27. The molecule has 0 N–H and O–H groups in total. The summed E-state index contributed by atoms with van der Waals surface area (Å²) in [5.41, 5.74) is -0.763. The van der Waals surface area contributed by atoms with Crippen LogP contribution in [0.25, 0.3) is 0 Å². The molecular weight excluding hydrogens is 561 g/mol. The summed E-state index contributed by atoms with van der Waals surface area (Å²) in [5, 5.41) is 0. The van der Waals surface area contributed by atoms with Crippen molar-refractivity contribution in [3.05, 3.63) is 90.5 Å². The molecule has 0 aliphatic carbocycles. The van der Waals surface area contributed by atoms with Gasteiger partial charge in [0.15, 0.2) is 0 Å². The molecule has 0 saturated carbocycles. The summed E-state index contributed by atoms with van der Waals surface area (Å²) >= 11 is -0.0637. The highest BCUT2D eigenvalue weighted by Gasteiger charge is 2.36. The number of allylic oxidation sites excluding steroid dienone is 2. The maximum Gasteiger partial charge on any atom is 0.446 e. The molecule has 2 unspecified atom stereocenters. The van der Waals surface area contributed by atoms with Gasteiger partial charge in [0, 0.05) is 30.6 Å². The van der Waals surface area contributed by atoms with E-state index in [2.05, 4.69) is 82.8 Å². The lowest BCUT2D eigenvalue weighted by molar-refractivity contribution is -0.0328. The Kier molecular flexibility index (Phi) is 17.6. The summed E-state index contributed by atoms with van der Waals surface area (Å²) in [5.74, 6) is 0.910. The first-order valence-corrected chi connectivity index (χ1v) is 16.5. The third-order valence-electron chi connectivity index (χ3n) is 7.48. The van der Waals surface area contributed by atoms with E-state index < -0.39 is 5.51 Å². The van der Waals surface area contributed by atoms with Gasteiger partial charge in [-0.2, -0.15) is 13.2 Å². The predicted molar refractivity (Wildman–Crippen MR) is 183 cm³/mol. The van der Waals surface area contributed by atoms with Gasteiger partial charge in [-0.25, -0.2) is 0 Å². The van der Waals surface area contributed by atoms with Crippen molar-refractivity contribution in [3.63, 3.8) is 0 Å². The highest BCUT2D eigenvalue weighted by atomic mass is 32.2. The smallest absolute Gasteiger partial charge is 0.300 e. The Hall–Kier alpha value is -2.02. The van der Waals surface area contributed by atoms with Gasteiger partial charge in [0.25, 0.3) is 0 Å². The molecule has 0 radical (unpaired) electrons. The molecule has 1 fully saturated rings. The minimum absolute atomic E-state index is 0.0275. The Balaban J connectivity index is 0.000000551. The van der Waals surface area contributed by atoms with Crippen LogP contribution in [0, 0.1) is 11.3 Å². The molecule has 2 nitrogen and oxygen atoms in total. The first kappa shape index (κ1) is 39.0. The third-order valence-corrected chi connectivity index (χ3v) is 8.22. The lowest BCUT2D eigenvalue weighted by atomic mass is 9.83. The van der Waals surface area contributed by atoms with Gasteiger partial charge in [-0.15, -0.1) is 13.2 Å². The molecule has 0 bridgehead atoms. The first-order valence-electron chi connectivity index (χ1n) is 15.7. The molecule has 1 saturated heterocycles. The summed E-state index contributed by atoms with van der Waals surface area (Å²) < 4.78 is 38.1. The van der Waals surface area contributed by atoms with Gasteiger partial charge in [-0.05, 0) is 73.7 Å². The van der Waals surface area contributed by atoms with Crippen molar-refractivity contribution < 1.29 is 13.2 Å². The number of hydrogen-bond acceptors (Lipinski definition) is 3. The number of nitrogens with zero attached hydrogens (tertiary/aromatic N) is 2. The van der Waals surface area contributed by atoms with E-state index in [1.807, 2.05) is 44.2 Å². The molecule has 6 heteroatoms. The molecule has 2 aromatic rings. The molecule has 2 atom stereocenters. The molecule has 1 heterocycles. The van der Waals surface area contributed by atoms with Crippen molar-refractivity contribution in [1.82, 2.24) is 9.80 Å². The fraction of sp³-hybridized carbons (Fsp3) is 0.568. The van der Waals surface area contributed by atoms with E-state index >= 15 is 0 Å². The topological polar surface area (TPSA) is 6.48 Å². The van der Waals surface area contributed by atoms with Crippen LogP contribution in [0.2, 0.25) is 0 Å². The maximum atomic E-state index is 12.7. The zero-order chi connectivity index (χ0) is 32.6. The summed E-state index contributed by atoms with van der Waals surface area (Å²) in [4.78, 5) is 5.11. The number of benzene rings is 2. The van der Waals surface area contributed by atoms with Crippen LogP contribution in [0.1, 0.15) is 97.7 Å². The molecule has 0 amide bonds. The van der Waals surface area contributed by atoms with Crippen LogP contribution in [-0.4, -0.2) is 48.0 Å². The van der Waals surface area contributed by atoms with Gasteiger partial charge >= 0.3 is 5.51 Å². The molecule has 242 valence electrons. The Morgan fingerprint density at radius 1 is 0.930 bits per heavy atom. The van der Waals surface area contributed by atoms with Crippen LogP contribution in [0.3, 0.4) is 0 Å². The van der Waals surface area contributed by atoms with Crippen molar-refractivity contribution in [1.29, 1.82) is 0 Å². The second kappa shape index (κ2) is 19.4. The van der Waals surface area contributed by atoms with Crippen LogP contribution < -0.4 is 0 Å². The van der Waals surface area contributed by atoms with E-state index in [1.54, 1.807) is 12.1 Å². The second-order valence-corrected chi connectivity index (χ2v) is 14.1. The SMILES string of the molecule is C=C(C)C.C=CCC(CCC)CCC.CN1CCN(C(c2ccccc2)c2ccc(SC(F)(F)F)cc2)CC1C(C)(C)C. The van der Waals surface area contributed by atoms with Gasteiger partial charge in [0.2, 0.25) is 0 Å². The normalized spacial score (nSPS) is 16.9. The highest BCUT2D eigenvalue weighted by Crippen LogP contribution is 2.39. The number of halogens is 3. The lowest BCUT2D eigenvalue weighted by Crippen LogP contribution is -2.57. The Morgan fingerprint density at radius 3 is 1.88 bits per heavy atom. The van der Waals surface area contributed by atoms with Gasteiger partial charge in [0.1, 0.15) is 0 Å². The number of likely N-dealkylation sites (N-methyl/N-ethyl adjacent to an activating group) is 1. The van der Waals surface area contributed by atoms with Gasteiger partial charge in [0.05, 0.1) is 6.04 Å². The molecule has 43 heavy (non-hydrogen) atoms. The summed E-state index contributed by atoms with van der Waals surface area (Å²) in [6.07, 6.45) is 8.65. The van der Waals surface area contributed by atoms with Crippen LogP contribution in [0.15, 0.2) is 84.3 Å². The molecule has 3 rings (SSSR count). The lowest BCUT2D eigenvalue weighted by Gasteiger charge is -2.48. The molecule has 1 aliphatic heterocycles. The average Bonchev–Trinajstić information content (AvgIpc) is 2.90. The fourth-order valence-corrected chi connectivity index (χ4v) is 6.14. The monoisotopic (exact) mass is 618 g/mol. The molecule has 1 aliphatic rings. The Morgan fingerprint density at radius 2 is 1.44 bits per heavy atom. The number of alkyl halides is 3. The maximum absolute atomic E-state index is 12.7. The summed E-state index contributed by atoms with van der Waals surface area (Å²) in [6.45, 7) is 25.4. The van der Waals surface area contributed by atoms with Gasteiger partial charge in [-0.1, -0.05) is 114 Å². The van der Waals surface area contributed by atoms with Crippen LogP contribution in [0.4, 0.5) is 13.2 Å². The van der Waals surface area contributed by atoms with Crippen molar-refractivity contribution in [3.8, 4) is 0 Å². The van der Waals surface area contributed by atoms with Crippen LogP contribution in [-0.2, 0) is 0 Å². The second-order valence-electron chi connectivity index (χ2n) is 13.0. The quantitative estimate of drug-likeness (QED) is 0.193. The number of piperazine rings is 1. The van der Waals surface area contributed by atoms with E-state index in [0.717, 1.165) is 31.1 Å². The molecule has 0 aromatic heterocycles. The molecule has 2 aromatic carbocycles. The molecular formula is C37H57F3N2S. The summed E-state index contributed by atoms with van der Waals surface area (Å²) in [6, 6.07) is 17.5. The fourth-order valence-electron chi connectivity index (χ4n) is 5.60. The van der Waals surface area contributed by atoms with Gasteiger partial charge in [-0.3, -0.25) is 4.90 Å². The first-order chi connectivity index (χ1) is 20.1. The largest absolute Gasteiger partial charge is 0.446 e. The van der Waals surface area contributed by atoms with E-state index in [0.29, 0.717) is 6.04 Å². The summed E-state index contributed by atoms with van der Waals surface area (Å²) in [7, 11) is 2.17. The minimum Gasteiger partial charge on any atom is -0.300 e. The van der Waals surface area contributed by atoms with Crippen molar-refractivity contribution in [2.75, 3.05) is 26.7 Å². The third kappa shape index (κ3) is 15.5. The standard InChI is InChI=1S/C23H29F3N2S.C10H20.C4H8/c1-22(2,3)20-16-28(15-14-27(20)4)21(17-8-6-5-7-9-17)18-10-12-19(13-11-18)29-23(24,25)26;1-4-7-10(8-5-2)9-6-3;1-4(2)3/h5-13,20-21H,14-16H2,1-4H3;4,10H,1,5-9H2,2-3H3;1H2,2-3H3. The van der Waals surface area contributed by atoms with E-state index in [4.69, 9.17) is 0 Å². The van der Waals surface area contributed by atoms with Crippen LogP contribution >= 0.6 is 11.8 Å². The van der Waals surface area contributed by atoms with Gasteiger partial charge < -0.3 is 4.90 Å². The van der Waals surface area contributed by atoms with E-state index in [-0.39, 0.29) is 28.1 Å². The average molecular weight is 619 g/mol. The van der Waals surface area contributed by atoms with Crippen molar-refractivity contribution in [2.24, 2.45) is 11.3 Å². The zero-order valence-corrected chi connectivity index (χ0v) is 28.8. The van der Waals surface area contributed by atoms with E-state index in [9.17, 15) is 13.2 Å². The number of thioether (sulfide) groups is 1. The predicted octanol–water partition coefficient (Wildman–Crippen LogP) is 11.4. The Labute approximate surface area is 265 Å². The highest BCUT2D eigenvalue weighted by molar-refractivity contribution is 8.00. The van der Waals surface area contributed by atoms with Crippen molar-refractivity contribution >= 4 is 11.8 Å². The number of rotatable bonds is 10. The van der Waals surface area contributed by atoms with Crippen LogP contribution in [0.5, 0.6) is 0 Å². The Bertz CT molecular complexity index is 1030. The van der Waals surface area contributed by atoms with Crippen molar-refractivity contribution in [2.45, 2.75) is 103 Å². The number of hydrogen-bond donors (Lipinski definition) is 0. The van der Waals surface area contributed by atoms with E-state index in [1.165, 1.54) is 43.2 Å².